The van der Waals surface area contributed by atoms with E-state index < -0.39 is 0 Å². The van der Waals surface area contributed by atoms with Crippen LogP contribution in [0, 0.1) is 0 Å². The molecule has 0 bridgehead atoms. The first-order chi connectivity index (χ1) is 10.7. The van der Waals surface area contributed by atoms with Gasteiger partial charge in [0.25, 0.3) is 0 Å². The largest absolute Gasteiger partial charge is 0.377 e. The van der Waals surface area contributed by atoms with E-state index in [0.717, 1.165) is 31.9 Å². The van der Waals surface area contributed by atoms with Crippen LogP contribution in [0.2, 0.25) is 0 Å². The first-order valence-corrected chi connectivity index (χ1v) is 7.51. The molecule has 0 radical (unpaired) electrons. The number of aromatic nitrogens is 2. The molecule has 0 unspecified atom stereocenters. The summed E-state index contributed by atoms with van der Waals surface area (Å²) in [7, 11) is 0. The summed E-state index contributed by atoms with van der Waals surface area (Å²) in [5.74, 6) is 0.794. The van der Waals surface area contributed by atoms with E-state index in [4.69, 9.17) is 4.74 Å². The number of pyridine rings is 2. The lowest BCUT2D eigenvalue weighted by atomic mass is 10.1. The number of ketones is 1. The van der Waals surface area contributed by atoms with E-state index in [1.807, 2.05) is 6.07 Å². The summed E-state index contributed by atoms with van der Waals surface area (Å²) in [4.78, 5) is 23.1. The van der Waals surface area contributed by atoms with Gasteiger partial charge < -0.3 is 9.64 Å². The fourth-order valence-corrected chi connectivity index (χ4v) is 2.60. The molecular formula is C17H19N3O2. The summed E-state index contributed by atoms with van der Waals surface area (Å²) in [6.45, 7) is 4.51. The van der Waals surface area contributed by atoms with Crippen molar-refractivity contribution in [2.24, 2.45) is 0 Å². The third-order valence-electron chi connectivity index (χ3n) is 3.71. The minimum atomic E-state index is -0.0316. The van der Waals surface area contributed by atoms with E-state index in [1.165, 1.54) is 0 Å². The Balaban J connectivity index is 1.84. The molecule has 1 saturated heterocycles. The second kappa shape index (κ2) is 6.66. The van der Waals surface area contributed by atoms with Crippen molar-refractivity contribution in [2.75, 3.05) is 24.6 Å². The number of carbonyl (C=O) groups is 1. The number of hydrogen-bond acceptors (Lipinski definition) is 5. The van der Waals surface area contributed by atoms with Crippen molar-refractivity contribution in [3.05, 3.63) is 54.0 Å². The van der Waals surface area contributed by atoms with Crippen LogP contribution >= 0.6 is 0 Å². The molecule has 1 aliphatic rings. The first-order valence-electron chi connectivity index (χ1n) is 7.51. The molecule has 0 amide bonds. The molecule has 1 fully saturated rings. The van der Waals surface area contributed by atoms with Gasteiger partial charge in [-0.15, -0.1) is 0 Å². The van der Waals surface area contributed by atoms with Crippen molar-refractivity contribution < 1.29 is 9.53 Å². The van der Waals surface area contributed by atoms with E-state index in [9.17, 15) is 4.79 Å². The van der Waals surface area contributed by atoms with E-state index in [0.29, 0.717) is 11.1 Å². The maximum absolute atomic E-state index is 12.5. The molecule has 0 saturated carbocycles. The van der Waals surface area contributed by atoms with Crippen molar-refractivity contribution in [3.63, 3.8) is 0 Å². The molecule has 2 aromatic heterocycles. The lowest BCUT2D eigenvalue weighted by molar-refractivity contribution is 0.0820. The molecule has 0 N–H and O–H groups in total. The van der Waals surface area contributed by atoms with Gasteiger partial charge in [0.2, 0.25) is 0 Å². The lowest BCUT2D eigenvalue weighted by Crippen LogP contribution is -2.30. The van der Waals surface area contributed by atoms with Crippen LogP contribution in [0.1, 0.15) is 29.3 Å². The van der Waals surface area contributed by atoms with E-state index in [1.54, 1.807) is 36.8 Å². The third-order valence-corrected chi connectivity index (χ3v) is 3.71. The van der Waals surface area contributed by atoms with Gasteiger partial charge in [0.1, 0.15) is 5.82 Å². The first kappa shape index (κ1) is 14.7. The summed E-state index contributed by atoms with van der Waals surface area (Å²) < 4.78 is 5.66. The normalized spacial score (nSPS) is 18.8. The molecule has 3 heterocycles. The zero-order chi connectivity index (χ0) is 15.4. The average molecular weight is 297 g/mol. The number of ether oxygens (including phenoxy) is 1. The topological polar surface area (TPSA) is 55.3 Å². The van der Waals surface area contributed by atoms with Crippen LogP contribution in [0.15, 0.2) is 42.9 Å². The molecule has 0 aromatic carbocycles. The predicted octanol–water partition coefficient (Wildman–Crippen LogP) is 2.32. The van der Waals surface area contributed by atoms with E-state index in [-0.39, 0.29) is 11.9 Å². The number of rotatable bonds is 3. The van der Waals surface area contributed by atoms with Gasteiger partial charge in [-0.05, 0) is 37.6 Å². The van der Waals surface area contributed by atoms with Gasteiger partial charge in [0.15, 0.2) is 5.78 Å². The van der Waals surface area contributed by atoms with Crippen LogP contribution in [-0.4, -0.2) is 41.6 Å². The number of nitrogens with zero attached hydrogens (tertiary/aromatic N) is 3. The molecule has 0 aliphatic carbocycles. The van der Waals surface area contributed by atoms with Crippen molar-refractivity contribution >= 4 is 11.6 Å². The SMILES string of the molecule is C[C@H]1CN(c2cc(C(=O)c3cccnc3)ccn2)CCCO1. The second-order valence-electron chi connectivity index (χ2n) is 5.45. The zero-order valence-corrected chi connectivity index (χ0v) is 12.6. The summed E-state index contributed by atoms with van der Waals surface area (Å²) in [5, 5.41) is 0. The Morgan fingerprint density at radius 3 is 3.05 bits per heavy atom. The highest BCUT2D eigenvalue weighted by molar-refractivity contribution is 6.09. The third kappa shape index (κ3) is 3.31. The van der Waals surface area contributed by atoms with Crippen LogP contribution in [0.25, 0.3) is 0 Å². The van der Waals surface area contributed by atoms with Crippen LogP contribution in [-0.2, 0) is 4.74 Å². The molecule has 114 valence electrons. The van der Waals surface area contributed by atoms with Crippen LogP contribution < -0.4 is 4.90 Å². The van der Waals surface area contributed by atoms with Gasteiger partial charge in [0, 0.05) is 49.4 Å². The quantitative estimate of drug-likeness (QED) is 0.814. The van der Waals surface area contributed by atoms with Gasteiger partial charge in [-0.2, -0.15) is 0 Å². The molecular weight excluding hydrogens is 278 g/mol. The van der Waals surface area contributed by atoms with Crippen LogP contribution in [0.4, 0.5) is 5.82 Å². The standard InChI is InChI=1S/C17H19N3O2/c1-13-12-20(8-3-9-22-13)16-10-14(5-7-19-16)17(21)15-4-2-6-18-11-15/h2,4-7,10-11,13H,3,8-9,12H2,1H3/t13-/m0/s1. The fourth-order valence-electron chi connectivity index (χ4n) is 2.60. The summed E-state index contributed by atoms with van der Waals surface area (Å²) in [6.07, 6.45) is 6.07. The molecule has 22 heavy (non-hydrogen) atoms. The van der Waals surface area contributed by atoms with E-state index >= 15 is 0 Å². The van der Waals surface area contributed by atoms with Crippen molar-refractivity contribution in [2.45, 2.75) is 19.4 Å². The van der Waals surface area contributed by atoms with E-state index in [2.05, 4.69) is 21.8 Å². The molecule has 0 spiro atoms. The minimum absolute atomic E-state index is 0.0316. The number of anilines is 1. The van der Waals surface area contributed by atoms with Gasteiger partial charge in [-0.3, -0.25) is 9.78 Å². The van der Waals surface area contributed by atoms with Crippen molar-refractivity contribution in [3.8, 4) is 0 Å². The van der Waals surface area contributed by atoms with Crippen molar-refractivity contribution in [1.82, 2.24) is 9.97 Å². The maximum Gasteiger partial charge on any atom is 0.194 e. The monoisotopic (exact) mass is 297 g/mol. The van der Waals surface area contributed by atoms with Gasteiger partial charge in [0.05, 0.1) is 6.10 Å². The Morgan fingerprint density at radius 1 is 1.32 bits per heavy atom. The zero-order valence-electron chi connectivity index (χ0n) is 12.6. The molecule has 2 aromatic rings. The summed E-state index contributed by atoms with van der Waals surface area (Å²) >= 11 is 0. The molecule has 5 heteroatoms. The number of carbonyl (C=O) groups excluding carboxylic acids is 1. The molecule has 3 rings (SSSR count). The number of hydrogen-bond donors (Lipinski definition) is 0. The van der Waals surface area contributed by atoms with Gasteiger partial charge >= 0.3 is 0 Å². The highest BCUT2D eigenvalue weighted by Crippen LogP contribution is 2.18. The summed E-state index contributed by atoms with van der Waals surface area (Å²) in [6, 6.07) is 7.14. The Bertz CT molecular complexity index is 645. The van der Waals surface area contributed by atoms with Crippen LogP contribution in [0.5, 0.6) is 0 Å². The lowest BCUT2D eigenvalue weighted by Gasteiger charge is -2.23. The highest BCUT2D eigenvalue weighted by Gasteiger charge is 2.18. The van der Waals surface area contributed by atoms with Gasteiger partial charge in [-0.1, -0.05) is 0 Å². The molecule has 5 nitrogen and oxygen atoms in total. The second-order valence-corrected chi connectivity index (χ2v) is 5.45. The average Bonchev–Trinajstić information content (AvgIpc) is 2.80. The Morgan fingerprint density at radius 2 is 2.23 bits per heavy atom. The maximum atomic E-state index is 12.5. The highest BCUT2D eigenvalue weighted by atomic mass is 16.5. The van der Waals surface area contributed by atoms with Crippen LogP contribution in [0.3, 0.4) is 0 Å². The van der Waals surface area contributed by atoms with Gasteiger partial charge in [-0.25, -0.2) is 4.98 Å². The molecule has 1 aliphatic heterocycles. The Hall–Kier alpha value is -2.27. The van der Waals surface area contributed by atoms with Crippen molar-refractivity contribution in [1.29, 1.82) is 0 Å². The predicted molar refractivity (Wildman–Crippen MR) is 84.2 cm³/mol. The summed E-state index contributed by atoms with van der Waals surface area (Å²) in [5.41, 5.74) is 1.23. The smallest absolute Gasteiger partial charge is 0.194 e. The Kier molecular flexibility index (Phi) is 4.44. The fraction of sp³-hybridized carbons (Fsp3) is 0.353. The Labute approximate surface area is 130 Å². The minimum Gasteiger partial charge on any atom is -0.377 e. The molecule has 1 atom stereocenters.